The Hall–Kier alpha value is -3.72. The van der Waals surface area contributed by atoms with Gasteiger partial charge in [0.25, 0.3) is 5.91 Å². The maximum absolute atomic E-state index is 13.9. The molecule has 2 aromatic heterocycles. The van der Waals surface area contributed by atoms with Gasteiger partial charge < -0.3 is 14.4 Å². The molecular formula is C24H21FN4O3S. The van der Waals surface area contributed by atoms with Gasteiger partial charge in [-0.05, 0) is 48.7 Å². The third kappa shape index (κ3) is 4.31. The van der Waals surface area contributed by atoms with Crippen LogP contribution < -0.4 is 9.47 Å². The van der Waals surface area contributed by atoms with E-state index >= 15 is 0 Å². The Kier molecular flexibility index (Phi) is 5.78. The first-order chi connectivity index (χ1) is 16.1. The van der Waals surface area contributed by atoms with E-state index in [9.17, 15) is 9.18 Å². The average molecular weight is 465 g/mol. The number of amides is 1. The average Bonchev–Trinajstić information content (AvgIpc) is 3.52. The molecule has 0 saturated heterocycles. The second-order valence-electron chi connectivity index (χ2n) is 7.47. The summed E-state index contributed by atoms with van der Waals surface area (Å²) in [5.41, 5.74) is 0.494. The van der Waals surface area contributed by atoms with Crippen molar-refractivity contribution >= 4 is 17.2 Å². The van der Waals surface area contributed by atoms with Gasteiger partial charge in [0, 0.05) is 6.54 Å². The number of hydrogen-bond acceptors (Lipinski definition) is 6. The van der Waals surface area contributed by atoms with E-state index < -0.39 is 5.82 Å². The van der Waals surface area contributed by atoms with E-state index in [1.807, 2.05) is 48.7 Å². The van der Waals surface area contributed by atoms with Crippen molar-refractivity contribution in [2.45, 2.75) is 13.0 Å². The molecule has 1 aliphatic rings. The third-order valence-electron chi connectivity index (χ3n) is 5.25. The van der Waals surface area contributed by atoms with Crippen LogP contribution in [0.4, 0.5) is 4.39 Å². The van der Waals surface area contributed by atoms with Gasteiger partial charge in [-0.3, -0.25) is 4.79 Å². The summed E-state index contributed by atoms with van der Waals surface area (Å²) in [6.07, 6.45) is -0.314. The molecule has 0 spiro atoms. The fourth-order valence-electron chi connectivity index (χ4n) is 3.65. The number of fused-ring (bicyclic) bond motifs is 1. The minimum atomic E-state index is -0.391. The van der Waals surface area contributed by atoms with Crippen LogP contribution >= 0.6 is 11.3 Å². The molecule has 33 heavy (non-hydrogen) atoms. The second kappa shape index (κ2) is 9.03. The van der Waals surface area contributed by atoms with Crippen molar-refractivity contribution in [1.29, 1.82) is 0 Å². The Morgan fingerprint density at radius 2 is 2.03 bits per heavy atom. The summed E-state index contributed by atoms with van der Waals surface area (Å²) in [5.74, 6) is 1.17. The highest BCUT2D eigenvalue weighted by Crippen LogP contribution is 2.31. The van der Waals surface area contributed by atoms with Gasteiger partial charge in [0.2, 0.25) is 5.82 Å². The van der Waals surface area contributed by atoms with E-state index in [0.717, 1.165) is 4.88 Å². The molecule has 7 nitrogen and oxygen atoms in total. The Morgan fingerprint density at radius 1 is 1.18 bits per heavy atom. The van der Waals surface area contributed by atoms with Crippen molar-refractivity contribution in [3.05, 3.63) is 77.7 Å². The quantitative estimate of drug-likeness (QED) is 0.422. The van der Waals surface area contributed by atoms with Gasteiger partial charge in [-0.2, -0.15) is 0 Å². The maximum Gasteiger partial charge on any atom is 0.293 e. The highest BCUT2D eigenvalue weighted by Gasteiger charge is 2.28. The maximum atomic E-state index is 13.9. The lowest BCUT2D eigenvalue weighted by Crippen LogP contribution is -2.44. The van der Waals surface area contributed by atoms with Crippen molar-refractivity contribution in [1.82, 2.24) is 19.7 Å². The van der Waals surface area contributed by atoms with Gasteiger partial charge in [0.05, 0.1) is 17.1 Å². The number of rotatable bonds is 6. The smallest absolute Gasteiger partial charge is 0.293 e. The standard InChI is InChI=1S/C24H21FN4O3S/c1-2-28(14-18-15-31-19-9-3-4-10-20(19)32-18)24(30)22-26-23(21-11-6-12-33-21)29(27-22)17-8-5-7-16(25)13-17/h3-13,18H,2,14-15H2,1H3. The molecule has 0 N–H and O–H groups in total. The van der Waals surface area contributed by atoms with Crippen molar-refractivity contribution in [3.63, 3.8) is 0 Å². The van der Waals surface area contributed by atoms with Crippen LogP contribution in [-0.2, 0) is 0 Å². The van der Waals surface area contributed by atoms with E-state index in [1.54, 1.807) is 17.0 Å². The number of nitrogens with zero attached hydrogens (tertiary/aromatic N) is 4. The predicted molar refractivity (Wildman–Crippen MR) is 123 cm³/mol. The lowest BCUT2D eigenvalue weighted by molar-refractivity contribution is 0.0467. The predicted octanol–water partition coefficient (Wildman–Crippen LogP) is 4.44. The minimum Gasteiger partial charge on any atom is -0.486 e. The Morgan fingerprint density at radius 3 is 2.79 bits per heavy atom. The zero-order valence-corrected chi connectivity index (χ0v) is 18.7. The molecule has 2 aromatic carbocycles. The molecule has 5 rings (SSSR count). The number of carbonyl (C=O) groups is 1. The molecule has 4 aromatic rings. The van der Waals surface area contributed by atoms with Gasteiger partial charge in [-0.1, -0.05) is 24.3 Å². The number of benzene rings is 2. The lowest BCUT2D eigenvalue weighted by Gasteiger charge is -2.30. The first kappa shape index (κ1) is 21.1. The van der Waals surface area contributed by atoms with E-state index in [1.165, 1.54) is 28.2 Å². The minimum absolute atomic E-state index is 0.0432. The highest BCUT2D eigenvalue weighted by molar-refractivity contribution is 7.13. The fourth-order valence-corrected chi connectivity index (χ4v) is 4.35. The summed E-state index contributed by atoms with van der Waals surface area (Å²) in [6, 6.07) is 17.3. The summed E-state index contributed by atoms with van der Waals surface area (Å²) >= 11 is 1.47. The van der Waals surface area contributed by atoms with Crippen LogP contribution in [0.1, 0.15) is 17.5 Å². The van der Waals surface area contributed by atoms with Crippen molar-refractivity contribution < 1.29 is 18.7 Å². The van der Waals surface area contributed by atoms with Crippen LogP contribution in [0.3, 0.4) is 0 Å². The molecule has 1 amide bonds. The first-order valence-electron chi connectivity index (χ1n) is 10.6. The molecule has 168 valence electrons. The van der Waals surface area contributed by atoms with Crippen LogP contribution in [0.15, 0.2) is 66.0 Å². The van der Waals surface area contributed by atoms with E-state index in [0.29, 0.717) is 42.7 Å². The first-order valence-corrected chi connectivity index (χ1v) is 11.4. The van der Waals surface area contributed by atoms with E-state index in [-0.39, 0.29) is 17.8 Å². The number of thiophene rings is 1. The number of para-hydroxylation sites is 2. The Balaban J connectivity index is 1.42. The van der Waals surface area contributed by atoms with Crippen LogP contribution in [0, 0.1) is 5.82 Å². The lowest BCUT2D eigenvalue weighted by atomic mass is 10.2. The molecule has 1 aliphatic heterocycles. The van der Waals surface area contributed by atoms with Crippen LogP contribution in [0.5, 0.6) is 11.5 Å². The Labute approximate surface area is 194 Å². The largest absolute Gasteiger partial charge is 0.486 e. The number of hydrogen-bond donors (Lipinski definition) is 0. The normalized spacial score (nSPS) is 14.8. The summed E-state index contributed by atoms with van der Waals surface area (Å²) < 4.78 is 27.2. The second-order valence-corrected chi connectivity index (χ2v) is 8.42. The number of carbonyl (C=O) groups excluding carboxylic acids is 1. The SMILES string of the molecule is CCN(CC1COc2ccccc2O1)C(=O)c1nc(-c2cccs2)n(-c2cccc(F)c2)n1. The van der Waals surface area contributed by atoms with Gasteiger partial charge in [0.15, 0.2) is 23.4 Å². The number of aromatic nitrogens is 3. The van der Waals surface area contributed by atoms with Crippen LogP contribution in [0.25, 0.3) is 16.4 Å². The third-order valence-corrected chi connectivity index (χ3v) is 6.12. The summed E-state index contributed by atoms with van der Waals surface area (Å²) in [4.78, 5) is 20.3. The van der Waals surface area contributed by atoms with Crippen molar-refractivity contribution in [2.75, 3.05) is 19.7 Å². The number of halogens is 1. The van der Waals surface area contributed by atoms with Gasteiger partial charge in [0.1, 0.15) is 12.4 Å². The fraction of sp³-hybridized carbons (Fsp3) is 0.208. The van der Waals surface area contributed by atoms with Gasteiger partial charge in [-0.25, -0.2) is 14.1 Å². The van der Waals surface area contributed by atoms with Crippen molar-refractivity contribution in [2.24, 2.45) is 0 Å². The van der Waals surface area contributed by atoms with E-state index in [2.05, 4.69) is 10.1 Å². The molecule has 0 fully saturated rings. The molecule has 0 saturated carbocycles. The molecule has 0 aliphatic carbocycles. The van der Waals surface area contributed by atoms with Crippen LogP contribution in [-0.4, -0.2) is 51.4 Å². The summed E-state index contributed by atoms with van der Waals surface area (Å²) in [6.45, 7) is 3.00. The summed E-state index contributed by atoms with van der Waals surface area (Å²) in [5, 5.41) is 6.37. The van der Waals surface area contributed by atoms with Crippen LogP contribution in [0.2, 0.25) is 0 Å². The number of ether oxygens (including phenoxy) is 2. The molecule has 1 atom stereocenters. The molecule has 0 bridgehead atoms. The topological polar surface area (TPSA) is 69.5 Å². The number of likely N-dealkylation sites (N-methyl/N-ethyl adjacent to an activating group) is 1. The molecule has 1 unspecified atom stereocenters. The van der Waals surface area contributed by atoms with Gasteiger partial charge in [-0.15, -0.1) is 16.4 Å². The molecule has 0 radical (unpaired) electrons. The highest BCUT2D eigenvalue weighted by atomic mass is 32.1. The molecule has 9 heteroatoms. The molecule has 3 heterocycles. The van der Waals surface area contributed by atoms with Crippen molar-refractivity contribution in [3.8, 4) is 27.9 Å². The Bertz CT molecular complexity index is 1270. The van der Waals surface area contributed by atoms with E-state index in [4.69, 9.17) is 9.47 Å². The zero-order valence-electron chi connectivity index (χ0n) is 17.8. The van der Waals surface area contributed by atoms with Gasteiger partial charge >= 0.3 is 0 Å². The zero-order chi connectivity index (χ0) is 22.8. The molecular weight excluding hydrogens is 443 g/mol. The summed E-state index contributed by atoms with van der Waals surface area (Å²) in [7, 11) is 0. The monoisotopic (exact) mass is 464 g/mol.